The van der Waals surface area contributed by atoms with Crippen LogP contribution in [0.2, 0.25) is 0 Å². The fourth-order valence-electron chi connectivity index (χ4n) is 3.85. The Kier molecular flexibility index (Phi) is 5.55. The van der Waals surface area contributed by atoms with Crippen molar-refractivity contribution in [3.8, 4) is 0 Å². The molecule has 1 aromatic carbocycles. The summed E-state index contributed by atoms with van der Waals surface area (Å²) in [6.07, 6.45) is 2.03. The lowest BCUT2D eigenvalue weighted by Gasteiger charge is -2.34. The Labute approximate surface area is 154 Å². The molecule has 144 valence electrons. The molecule has 8 heteroatoms. The van der Waals surface area contributed by atoms with Crippen molar-refractivity contribution in [1.82, 2.24) is 14.2 Å². The number of rotatable bonds is 6. The molecule has 26 heavy (non-hydrogen) atoms. The highest BCUT2D eigenvalue weighted by molar-refractivity contribution is 7.89. The van der Waals surface area contributed by atoms with Gasteiger partial charge in [-0.3, -0.25) is 4.57 Å². The van der Waals surface area contributed by atoms with E-state index in [9.17, 15) is 13.2 Å². The number of benzene rings is 1. The third-order valence-corrected chi connectivity index (χ3v) is 6.42. The third kappa shape index (κ3) is 4.19. The van der Waals surface area contributed by atoms with Crippen LogP contribution >= 0.6 is 0 Å². The Bertz CT molecular complexity index is 922. The largest absolute Gasteiger partial charge is 0.419 e. The summed E-state index contributed by atoms with van der Waals surface area (Å²) in [5, 5.41) is 0. The number of piperidine rings is 1. The molecule has 0 radical (unpaired) electrons. The summed E-state index contributed by atoms with van der Waals surface area (Å²) < 4.78 is 34.0. The zero-order chi connectivity index (χ0) is 18.9. The lowest BCUT2D eigenvalue weighted by molar-refractivity contribution is 0.140. The van der Waals surface area contributed by atoms with Crippen LogP contribution in [-0.2, 0) is 17.1 Å². The van der Waals surface area contributed by atoms with E-state index in [1.54, 1.807) is 13.1 Å². The maximum Gasteiger partial charge on any atom is 0.419 e. The Morgan fingerprint density at radius 1 is 1.23 bits per heavy atom. The zero-order valence-electron chi connectivity index (χ0n) is 15.6. The number of nitrogens with zero attached hydrogens (tertiary/aromatic N) is 2. The molecule has 0 amide bonds. The Balaban J connectivity index is 1.58. The van der Waals surface area contributed by atoms with E-state index in [1.165, 1.54) is 23.1 Å². The van der Waals surface area contributed by atoms with Crippen LogP contribution in [0.4, 0.5) is 0 Å². The van der Waals surface area contributed by atoms with E-state index >= 15 is 0 Å². The maximum absolute atomic E-state index is 12.5. The molecule has 1 N–H and O–H groups in total. The first-order valence-corrected chi connectivity index (χ1v) is 10.6. The molecule has 0 saturated carbocycles. The number of fused-ring (bicyclic) bond motifs is 1. The lowest BCUT2D eigenvalue weighted by Crippen LogP contribution is -2.40. The molecule has 2 atom stereocenters. The van der Waals surface area contributed by atoms with Gasteiger partial charge in [0.05, 0.1) is 10.4 Å². The van der Waals surface area contributed by atoms with Crippen molar-refractivity contribution in [3.05, 3.63) is 28.7 Å². The number of nitrogens with one attached hydrogen (secondary N) is 1. The number of aromatic nitrogens is 1. The highest BCUT2D eigenvalue weighted by atomic mass is 32.2. The summed E-state index contributed by atoms with van der Waals surface area (Å²) in [7, 11) is -2.03. The van der Waals surface area contributed by atoms with Gasteiger partial charge in [0.2, 0.25) is 10.0 Å². The predicted octanol–water partition coefficient (Wildman–Crippen LogP) is 1.78. The van der Waals surface area contributed by atoms with Gasteiger partial charge in [0.1, 0.15) is 0 Å². The molecule has 2 heterocycles. The normalized spacial score (nSPS) is 22.1. The number of sulfonamides is 1. The number of hydrogen-bond donors (Lipinski definition) is 1. The summed E-state index contributed by atoms with van der Waals surface area (Å²) in [5.74, 6) is 0.887. The average molecular weight is 381 g/mol. The molecule has 1 fully saturated rings. The van der Waals surface area contributed by atoms with Gasteiger partial charge in [0, 0.05) is 32.7 Å². The molecule has 7 nitrogen and oxygen atoms in total. The topological polar surface area (TPSA) is 84.6 Å². The fourth-order valence-corrected chi connectivity index (χ4v) is 4.94. The Morgan fingerprint density at radius 3 is 2.62 bits per heavy atom. The Morgan fingerprint density at radius 2 is 1.92 bits per heavy atom. The second kappa shape index (κ2) is 7.54. The molecule has 0 unspecified atom stereocenters. The number of hydrogen-bond acceptors (Lipinski definition) is 5. The van der Waals surface area contributed by atoms with Crippen molar-refractivity contribution in [3.63, 3.8) is 0 Å². The van der Waals surface area contributed by atoms with E-state index in [-0.39, 0.29) is 10.5 Å². The fraction of sp³-hybridized carbons (Fsp3) is 0.611. The Hall–Kier alpha value is -1.64. The van der Waals surface area contributed by atoms with Gasteiger partial charge in [-0.05, 0) is 43.4 Å². The van der Waals surface area contributed by atoms with Crippen molar-refractivity contribution in [2.24, 2.45) is 18.9 Å². The average Bonchev–Trinajstić information content (AvgIpc) is 2.85. The molecule has 0 aliphatic carbocycles. The van der Waals surface area contributed by atoms with Crippen LogP contribution < -0.4 is 10.5 Å². The number of aryl methyl sites for hydroxylation is 1. The van der Waals surface area contributed by atoms with Crippen LogP contribution in [0.15, 0.2) is 32.3 Å². The van der Waals surface area contributed by atoms with Crippen LogP contribution in [0.3, 0.4) is 0 Å². The molecular weight excluding hydrogens is 354 g/mol. The molecule has 1 saturated heterocycles. The first kappa shape index (κ1) is 19.1. The lowest BCUT2D eigenvalue weighted by atomic mass is 9.92. The van der Waals surface area contributed by atoms with Crippen molar-refractivity contribution in [2.45, 2.75) is 31.6 Å². The molecular formula is C18H27N3O4S. The minimum absolute atomic E-state index is 0.111. The van der Waals surface area contributed by atoms with Crippen LogP contribution in [0, 0.1) is 11.8 Å². The molecule has 1 aromatic heterocycles. The van der Waals surface area contributed by atoms with Gasteiger partial charge in [-0.25, -0.2) is 17.9 Å². The quantitative estimate of drug-likeness (QED) is 0.771. The van der Waals surface area contributed by atoms with Gasteiger partial charge in [0.15, 0.2) is 5.58 Å². The van der Waals surface area contributed by atoms with E-state index in [2.05, 4.69) is 23.5 Å². The van der Waals surface area contributed by atoms with Gasteiger partial charge in [-0.15, -0.1) is 0 Å². The summed E-state index contributed by atoms with van der Waals surface area (Å²) in [6.45, 7) is 7.98. The summed E-state index contributed by atoms with van der Waals surface area (Å²) in [5.41, 5.74) is 0.846. The molecule has 0 spiro atoms. The summed E-state index contributed by atoms with van der Waals surface area (Å²) >= 11 is 0. The molecule has 2 aromatic rings. The van der Waals surface area contributed by atoms with E-state index in [0.717, 1.165) is 26.1 Å². The van der Waals surface area contributed by atoms with Gasteiger partial charge >= 0.3 is 5.76 Å². The predicted molar refractivity (Wildman–Crippen MR) is 101 cm³/mol. The first-order chi connectivity index (χ1) is 12.3. The van der Waals surface area contributed by atoms with Crippen molar-refractivity contribution >= 4 is 21.1 Å². The number of oxazole rings is 1. The monoisotopic (exact) mass is 381 g/mol. The van der Waals surface area contributed by atoms with Crippen LogP contribution in [0.5, 0.6) is 0 Å². The van der Waals surface area contributed by atoms with Crippen LogP contribution in [-0.4, -0.2) is 44.1 Å². The zero-order valence-corrected chi connectivity index (χ0v) is 16.4. The van der Waals surface area contributed by atoms with Crippen LogP contribution in [0.1, 0.15) is 26.7 Å². The molecule has 3 rings (SSSR count). The second-order valence-electron chi connectivity index (χ2n) is 7.51. The molecule has 1 aliphatic rings. The third-order valence-electron chi connectivity index (χ3n) is 4.96. The van der Waals surface area contributed by atoms with Crippen molar-refractivity contribution < 1.29 is 12.8 Å². The van der Waals surface area contributed by atoms with E-state index in [0.29, 0.717) is 23.9 Å². The standard InChI is InChI=1S/C18H27N3O4S/c1-13-9-14(2)12-21(11-13)8-4-7-19-26(23,24)15-5-6-16-17(10-15)25-18(22)20(16)3/h5-6,10,13-14,19H,4,7-9,11-12H2,1-3H3/t13-,14-/m0/s1. The highest BCUT2D eigenvalue weighted by Crippen LogP contribution is 2.21. The second-order valence-corrected chi connectivity index (χ2v) is 9.28. The van der Waals surface area contributed by atoms with Crippen molar-refractivity contribution in [2.75, 3.05) is 26.2 Å². The van der Waals surface area contributed by atoms with Crippen LogP contribution in [0.25, 0.3) is 11.1 Å². The number of likely N-dealkylation sites (tertiary alicyclic amines) is 1. The van der Waals surface area contributed by atoms with Gasteiger partial charge in [-0.1, -0.05) is 13.8 Å². The maximum atomic E-state index is 12.5. The molecule has 1 aliphatic heterocycles. The highest BCUT2D eigenvalue weighted by Gasteiger charge is 2.21. The first-order valence-electron chi connectivity index (χ1n) is 9.08. The van der Waals surface area contributed by atoms with E-state index < -0.39 is 15.8 Å². The summed E-state index contributed by atoms with van der Waals surface area (Å²) in [4.78, 5) is 14.1. The van der Waals surface area contributed by atoms with Gasteiger partial charge in [0.25, 0.3) is 0 Å². The van der Waals surface area contributed by atoms with Crippen molar-refractivity contribution in [1.29, 1.82) is 0 Å². The SMILES string of the molecule is C[C@H]1C[C@H](C)CN(CCCNS(=O)(=O)c2ccc3c(c2)oc(=O)n3C)C1. The van der Waals surface area contributed by atoms with Gasteiger partial charge < -0.3 is 9.32 Å². The smallest absolute Gasteiger partial charge is 0.408 e. The van der Waals surface area contributed by atoms with E-state index in [1.807, 2.05) is 0 Å². The minimum atomic E-state index is -3.62. The molecule has 0 bridgehead atoms. The minimum Gasteiger partial charge on any atom is -0.408 e. The van der Waals surface area contributed by atoms with Gasteiger partial charge in [-0.2, -0.15) is 0 Å². The van der Waals surface area contributed by atoms with E-state index in [4.69, 9.17) is 4.42 Å². The summed E-state index contributed by atoms with van der Waals surface area (Å²) in [6, 6.07) is 4.48.